The monoisotopic (exact) mass is 291 g/mol. The molecule has 0 N–H and O–H groups in total. The third-order valence-corrected chi connectivity index (χ3v) is 2.71. The molecule has 0 fully saturated rings. The zero-order valence-corrected chi connectivity index (χ0v) is 10.9. The summed E-state index contributed by atoms with van der Waals surface area (Å²) in [5, 5.41) is 10.8. The molecule has 0 saturated carbocycles. The van der Waals surface area contributed by atoms with Crippen molar-refractivity contribution in [3.05, 3.63) is 57.9 Å². The first-order valence-corrected chi connectivity index (χ1v) is 5.80. The Morgan fingerprint density at radius 2 is 1.95 bits per heavy atom. The summed E-state index contributed by atoms with van der Waals surface area (Å²) in [7, 11) is 1.36. The van der Waals surface area contributed by atoms with Gasteiger partial charge in [0.25, 0.3) is 5.69 Å². The summed E-state index contributed by atoms with van der Waals surface area (Å²) >= 11 is 0. The van der Waals surface area contributed by atoms with Gasteiger partial charge in [-0.05, 0) is 18.2 Å². The van der Waals surface area contributed by atoms with E-state index in [4.69, 9.17) is 9.47 Å². The summed E-state index contributed by atoms with van der Waals surface area (Å²) < 4.78 is 23.9. The first kappa shape index (κ1) is 14.4. The summed E-state index contributed by atoms with van der Waals surface area (Å²) in [6, 6.07) is 7.59. The van der Waals surface area contributed by atoms with E-state index in [-0.39, 0.29) is 28.5 Å². The lowest BCUT2D eigenvalue weighted by Crippen LogP contribution is -1.97. The highest BCUT2D eigenvalue weighted by molar-refractivity contribution is 5.80. The third-order valence-electron chi connectivity index (χ3n) is 2.71. The van der Waals surface area contributed by atoms with Crippen molar-refractivity contribution in [1.29, 1.82) is 0 Å². The average molecular weight is 291 g/mol. The molecule has 0 aromatic heterocycles. The molecule has 2 aromatic rings. The second-order valence-corrected chi connectivity index (χ2v) is 3.96. The molecule has 0 amide bonds. The Bertz CT molecular complexity index is 702. The van der Waals surface area contributed by atoms with E-state index in [1.165, 1.54) is 31.4 Å². The Hall–Kier alpha value is -2.96. The molecule has 0 saturated heterocycles. The van der Waals surface area contributed by atoms with Crippen LogP contribution in [-0.4, -0.2) is 18.3 Å². The second kappa shape index (κ2) is 6.00. The minimum atomic E-state index is -0.744. The van der Waals surface area contributed by atoms with E-state index < -0.39 is 10.7 Å². The van der Waals surface area contributed by atoms with Crippen LogP contribution >= 0.6 is 0 Å². The normalized spacial score (nSPS) is 10.0. The van der Waals surface area contributed by atoms with Gasteiger partial charge in [0.05, 0.1) is 23.7 Å². The number of hydrogen-bond donors (Lipinski definition) is 0. The first-order chi connectivity index (χ1) is 10.1. The molecule has 21 heavy (non-hydrogen) atoms. The number of rotatable bonds is 5. The molecule has 108 valence electrons. The third kappa shape index (κ3) is 2.97. The van der Waals surface area contributed by atoms with Gasteiger partial charge in [-0.2, -0.15) is 0 Å². The summed E-state index contributed by atoms with van der Waals surface area (Å²) in [5.74, 6) is -0.558. The molecular formula is C14H10FNO5. The number of hydrogen-bond acceptors (Lipinski definition) is 5. The van der Waals surface area contributed by atoms with Gasteiger partial charge in [0, 0.05) is 6.07 Å². The number of nitro benzene ring substituents is 1. The first-order valence-electron chi connectivity index (χ1n) is 5.80. The largest absolute Gasteiger partial charge is 0.493 e. The van der Waals surface area contributed by atoms with Crippen molar-refractivity contribution in [3.8, 4) is 17.2 Å². The van der Waals surface area contributed by atoms with Crippen molar-refractivity contribution in [2.24, 2.45) is 0 Å². The summed E-state index contributed by atoms with van der Waals surface area (Å²) in [4.78, 5) is 21.1. The van der Waals surface area contributed by atoms with Crippen molar-refractivity contribution in [3.63, 3.8) is 0 Å². The van der Waals surface area contributed by atoms with Gasteiger partial charge < -0.3 is 9.47 Å². The minimum Gasteiger partial charge on any atom is -0.493 e. The molecule has 0 aliphatic rings. The van der Waals surface area contributed by atoms with Crippen LogP contribution in [0.25, 0.3) is 0 Å². The number of nitrogens with zero attached hydrogens (tertiary/aromatic N) is 1. The molecule has 0 aliphatic carbocycles. The van der Waals surface area contributed by atoms with Crippen LogP contribution in [0.4, 0.5) is 10.1 Å². The predicted octanol–water partition coefficient (Wildman–Crippen LogP) is 3.35. The van der Waals surface area contributed by atoms with E-state index >= 15 is 0 Å². The number of benzene rings is 2. The van der Waals surface area contributed by atoms with Crippen molar-refractivity contribution >= 4 is 12.0 Å². The van der Waals surface area contributed by atoms with Crippen molar-refractivity contribution in [2.45, 2.75) is 0 Å². The Kier molecular flexibility index (Phi) is 4.13. The lowest BCUT2D eigenvalue weighted by Gasteiger charge is -2.11. The molecule has 6 nitrogen and oxygen atoms in total. The van der Waals surface area contributed by atoms with E-state index in [2.05, 4.69) is 0 Å². The van der Waals surface area contributed by atoms with Crippen LogP contribution in [0.15, 0.2) is 36.4 Å². The van der Waals surface area contributed by atoms with E-state index in [0.29, 0.717) is 6.29 Å². The molecular weight excluding hydrogens is 281 g/mol. The van der Waals surface area contributed by atoms with Gasteiger partial charge in [-0.15, -0.1) is 0 Å². The Balaban J connectivity index is 2.48. The number of carbonyl (C=O) groups excluding carboxylic acids is 1. The van der Waals surface area contributed by atoms with Gasteiger partial charge in [-0.3, -0.25) is 14.9 Å². The van der Waals surface area contributed by atoms with Gasteiger partial charge in [-0.25, -0.2) is 4.39 Å². The SMILES string of the molecule is COc1ccc([N+](=O)[O-])cc1Oc1cccc(F)c1C=O. The highest BCUT2D eigenvalue weighted by Crippen LogP contribution is 2.36. The molecule has 2 aromatic carbocycles. The minimum absolute atomic E-state index is 0.0143. The summed E-state index contributed by atoms with van der Waals surface area (Å²) in [5.41, 5.74) is -0.485. The molecule has 0 spiro atoms. The fraction of sp³-hybridized carbons (Fsp3) is 0.0714. The maximum Gasteiger partial charge on any atom is 0.273 e. The Morgan fingerprint density at radius 3 is 2.57 bits per heavy atom. The number of non-ortho nitro benzene ring substituents is 1. The standard InChI is InChI=1S/C14H10FNO5/c1-20-13-6-5-9(16(18)19)7-14(13)21-12-4-2-3-11(15)10(12)8-17/h2-8H,1H3. The molecule has 0 bridgehead atoms. The molecule has 0 atom stereocenters. The predicted molar refractivity (Wildman–Crippen MR) is 71.5 cm³/mol. The number of aldehydes is 1. The van der Waals surface area contributed by atoms with Gasteiger partial charge in [0.2, 0.25) is 0 Å². The Morgan fingerprint density at radius 1 is 1.19 bits per heavy atom. The van der Waals surface area contributed by atoms with Crippen LogP contribution in [0.1, 0.15) is 10.4 Å². The van der Waals surface area contributed by atoms with Crippen LogP contribution in [0.2, 0.25) is 0 Å². The van der Waals surface area contributed by atoms with E-state index in [0.717, 1.165) is 12.1 Å². The second-order valence-electron chi connectivity index (χ2n) is 3.96. The molecule has 0 radical (unpaired) electrons. The maximum atomic E-state index is 13.5. The van der Waals surface area contributed by atoms with Crippen LogP contribution in [-0.2, 0) is 0 Å². The number of ether oxygens (including phenoxy) is 2. The number of carbonyl (C=O) groups is 1. The van der Waals surface area contributed by atoms with Crippen LogP contribution < -0.4 is 9.47 Å². The van der Waals surface area contributed by atoms with Gasteiger partial charge >= 0.3 is 0 Å². The quantitative estimate of drug-likeness (QED) is 0.479. The fourth-order valence-electron chi connectivity index (χ4n) is 1.70. The highest BCUT2D eigenvalue weighted by Gasteiger charge is 2.16. The molecule has 0 unspecified atom stereocenters. The number of nitro groups is 1. The van der Waals surface area contributed by atoms with Crippen LogP contribution in [0.5, 0.6) is 17.2 Å². The number of methoxy groups -OCH3 is 1. The molecule has 7 heteroatoms. The molecule has 0 heterocycles. The summed E-state index contributed by atoms with van der Waals surface area (Å²) in [6.45, 7) is 0. The highest BCUT2D eigenvalue weighted by atomic mass is 19.1. The fourth-order valence-corrected chi connectivity index (χ4v) is 1.70. The lowest BCUT2D eigenvalue weighted by atomic mass is 10.2. The molecule has 2 rings (SSSR count). The summed E-state index contributed by atoms with van der Waals surface area (Å²) in [6.07, 6.45) is 0.314. The van der Waals surface area contributed by atoms with Crippen LogP contribution in [0.3, 0.4) is 0 Å². The van der Waals surface area contributed by atoms with E-state index in [1.807, 2.05) is 0 Å². The maximum absolute atomic E-state index is 13.5. The smallest absolute Gasteiger partial charge is 0.273 e. The zero-order valence-electron chi connectivity index (χ0n) is 10.9. The molecule has 0 aliphatic heterocycles. The topological polar surface area (TPSA) is 78.7 Å². The van der Waals surface area contributed by atoms with E-state index in [9.17, 15) is 19.3 Å². The van der Waals surface area contributed by atoms with E-state index in [1.54, 1.807) is 0 Å². The zero-order chi connectivity index (χ0) is 15.4. The van der Waals surface area contributed by atoms with Crippen molar-refractivity contribution in [2.75, 3.05) is 7.11 Å². The van der Waals surface area contributed by atoms with Gasteiger partial charge in [0.1, 0.15) is 11.6 Å². The van der Waals surface area contributed by atoms with Gasteiger partial charge in [-0.1, -0.05) is 6.07 Å². The van der Waals surface area contributed by atoms with Crippen LogP contribution in [0, 0.1) is 15.9 Å². The van der Waals surface area contributed by atoms with Crippen molar-refractivity contribution in [1.82, 2.24) is 0 Å². The lowest BCUT2D eigenvalue weighted by molar-refractivity contribution is -0.384. The van der Waals surface area contributed by atoms with Gasteiger partial charge in [0.15, 0.2) is 17.8 Å². The Labute approximate surface area is 118 Å². The van der Waals surface area contributed by atoms with Crippen molar-refractivity contribution < 1.29 is 23.6 Å². The number of halogens is 1. The average Bonchev–Trinajstić information content (AvgIpc) is 2.47.